The lowest BCUT2D eigenvalue weighted by Crippen LogP contribution is -2.13. The summed E-state index contributed by atoms with van der Waals surface area (Å²) in [4.78, 5) is 6.79. The Morgan fingerprint density at radius 1 is 1.05 bits per heavy atom. The van der Waals surface area contributed by atoms with Crippen LogP contribution in [0.1, 0.15) is 5.56 Å². The average Bonchev–Trinajstić information content (AvgIpc) is 3.17. The second kappa shape index (κ2) is 4.76. The zero-order valence-corrected chi connectivity index (χ0v) is 11.8. The van der Waals surface area contributed by atoms with Crippen molar-refractivity contribution in [3.8, 4) is 10.6 Å². The quantitative estimate of drug-likeness (QED) is 0.686. The van der Waals surface area contributed by atoms with Crippen molar-refractivity contribution < 1.29 is 0 Å². The van der Waals surface area contributed by atoms with Crippen LogP contribution < -0.4 is 4.90 Å². The molecule has 20 heavy (non-hydrogen) atoms. The highest BCUT2D eigenvalue weighted by Gasteiger charge is 2.19. The van der Waals surface area contributed by atoms with Crippen molar-refractivity contribution in [2.75, 3.05) is 11.4 Å². The molecular formula is C17H14N2S. The molecule has 0 saturated heterocycles. The summed E-state index contributed by atoms with van der Waals surface area (Å²) in [5.41, 5.74) is 5.22. The summed E-state index contributed by atoms with van der Waals surface area (Å²) in [7, 11) is 0. The van der Waals surface area contributed by atoms with Crippen LogP contribution in [0.5, 0.6) is 0 Å². The van der Waals surface area contributed by atoms with E-state index >= 15 is 0 Å². The molecule has 3 aromatic rings. The number of benzene rings is 2. The maximum absolute atomic E-state index is 4.40. The molecule has 1 aliphatic rings. The van der Waals surface area contributed by atoms with E-state index in [1.807, 2.05) is 11.6 Å². The Balaban J connectivity index is 1.76. The smallest absolute Gasteiger partial charge is 0.123 e. The summed E-state index contributed by atoms with van der Waals surface area (Å²) in [6.07, 6.45) is 2.98. The predicted octanol–water partition coefficient (Wildman–Crippen LogP) is 4.50. The fourth-order valence-corrected chi connectivity index (χ4v) is 3.41. The van der Waals surface area contributed by atoms with Crippen LogP contribution in [0.15, 0.2) is 60.1 Å². The zero-order chi connectivity index (χ0) is 13.4. The van der Waals surface area contributed by atoms with Crippen molar-refractivity contribution in [3.63, 3.8) is 0 Å². The van der Waals surface area contributed by atoms with E-state index in [9.17, 15) is 0 Å². The van der Waals surface area contributed by atoms with Crippen LogP contribution in [-0.4, -0.2) is 11.5 Å². The Hall–Kier alpha value is -2.13. The Labute approximate surface area is 122 Å². The lowest BCUT2D eigenvalue weighted by molar-refractivity contribution is 0.998. The first-order valence-corrected chi connectivity index (χ1v) is 7.65. The van der Waals surface area contributed by atoms with Crippen LogP contribution in [0, 0.1) is 0 Å². The fraction of sp³-hybridized carbons (Fsp3) is 0.118. The number of nitrogens with zero attached hydrogens (tertiary/aromatic N) is 2. The monoisotopic (exact) mass is 278 g/mol. The molecule has 0 spiro atoms. The molecule has 0 fully saturated rings. The van der Waals surface area contributed by atoms with Crippen LogP contribution in [0.25, 0.3) is 10.6 Å². The van der Waals surface area contributed by atoms with E-state index < -0.39 is 0 Å². The van der Waals surface area contributed by atoms with Gasteiger partial charge in [0.05, 0.1) is 0 Å². The van der Waals surface area contributed by atoms with Crippen LogP contribution in [0.2, 0.25) is 0 Å². The van der Waals surface area contributed by atoms with E-state index in [2.05, 4.69) is 58.4 Å². The number of para-hydroxylation sites is 1. The van der Waals surface area contributed by atoms with Gasteiger partial charge in [-0.25, -0.2) is 4.98 Å². The third-order valence-electron chi connectivity index (χ3n) is 3.72. The summed E-state index contributed by atoms with van der Waals surface area (Å²) in [5, 5.41) is 3.10. The molecule has 0 amide bonds. The van der Waals surface area contributed by atoms with E-state index in [0.29, 0.717) is 0 Å². The van der Waals surface area contributed by atoms with Gasteiger partial charge in [-0.05, 0) is 30.2 Å². The number of thiazole rings is 1. The van der Waals surface area contributed by atoms with Gasteiger partial charge < -0.3 is 4.90 Å². The van der Waals surface area contributed by atoms with E-state index in [-0.39, 0.29) is 0 Å². The Bertz CT molecular complexity index is 734. The van der Waals surface area contributed by atoms with Crippen molar-refractivity contribution in [2.45, 2.75) is 6.42 Å². The van der Waals surface area contributed by atoms with Gasteiger partial charge in [-0.1, -0.05) is 30.3 Å². The molecule has 2 heterocycles. The van der Waals surface area contributed by atoms with E-state index in [1.54, 1.807) is 11.3 Å². The van der Waals surface area contributed by atoms with E-state index in [1.165, 1.54) is 22.5 Å². The second-order valence-corrected chi connectivity index (χ2v) is 5.81. The highest BCUT2D eigenvalue weighted by atomic mass is 32.1. The third kappa shape index (κ3) is 1.91. The maximum Gasteiger partial charge on any atom is 0.123 e. The van der Waals surface area contributed by atoms with Crippen LogP contribution in [-0.2, 0) is 6.42 Å². The van der Waals surface area contributed by atoms with Gasteiger partial charge in [0.25, 0.3) is 0 Å². The first-order valence-electron chi connectivity index (χ1n) is 6.77. The molecule has 2 nitrogen and oxygen atoms in total. The summed E-state index contributed by atoms with van der Waals surface area (Å²) >= 11 is 1.68. The Kier molecular flexibility index (Phi) is 2.78. The molecule has 98 valence electrons. The molecule has 0 N–H and O–H groups in total. The Morgan fingerprint density at radius 3 is 2.90 bits per heavy atom. The molecule has 1 aliphatic heterocycles. The standard InChI is InChI=1S/C17H14N2S/c1-2-7-16-13(4-1)8-10-19(16)15-6-3-5-14(12-15)17-18-9-11-20-17/h1-7,9,11-12H,8,10H2. The molecule has 0 atom stereocenters. The van der Waals surface area contributed by atoms with Crippen molar-refractivity contribution >= 4 is 22.7 Å². The van der Waals surface area contributed by atoms with Gasteiger partial charge in [-0.15, -0.1) is 11.3 Å². The van der Waals surface area contributed by atoms with Gasteiger partial charge in [-0.3, -0.25) is 0 Å². The number of fused-ring (bicyclic) bond motifs is 1. The molecular weight excluding hydrogens is 264 g/mol. The summed E-state index contributed by atoms with van der Waals surface area (Å²) < 4.78 is 0. The first kappa shape index (κ1) is 11.7. The molecule has 0 aliphatic carbocycles. The van der Waals surface area contributed by atoms with Gasteiger partial charge in [-0.2, -0.15) is 0 Å². The number of rotatable bonds is 2. The van der Waals surface area contributed by atoms with Gasteiger partial charge in [0, 0.05) is 35.1 Å². The van der Waals surface area contributed by atoms with Crippen LogP contribution in [0.4, 0.5) is 11.4 Å². The highest BCUT2D eigenvalue weighted by Crippen LogP contribution is 2.36. The Morgan fingerprint density at radius 2 is 2.00 bits per heavy atom. The normalized spacial score (nSPS) is 13.5. The maximum atomic E-state index is 4.40. The number of aromatic nitrogens is 1. The minimum atomic E-state index is 1.06. The molecule has 0 bridgehead atoms. The molecule has 4 rings (SSSR count). The molecule has 0 unspecified atom stereocenters. The average molecular weight is 278 g/mol. The zero-order valence-electron chi connectivity index (χ0n) is 11.0. The molecule has 0 radical (unpaired) electrons. The van der Waals surface area contributed by atoms with Crippen molar-refractivity contribution in [2.24, 2.45) is 0 Å². The molecule has 0 saturated carbocycles. The number of hydrogen-bond donors (Lipinski definition) is 0. The second-order valence-electron chi connectivity index (χ2n) is 4.92. The lowest BCUT2D eigenvalue weighted by atomic mass is 10.1. The van der Waals surface area contributed by atoms with Gasteiger partial charge in [0.2, 0.25) is 0 Å². The lowest BCUT2D eigenvalue weighted by Gasteiger charge is -2.20. The number of anilines is 2. The molecule has 2 aromatic carbocycles. The van der Waals surface area contributed by atoms with Crippen LogP contribution >= 0.6 is 11.3 Å². The predicted molar refractivity (Wildman–Crippen MR) is 84.7 cm³/mol. The van der Waals surface area contributed by atoms with Crippen molar-refractivity contribution in [3.05, 3.63) is 65.7 Å². The summed E-state index contributed by atoms with van der Waals surface area (Å²) in [6.45, 7) is 1.06. The minimum Gasteiger partial charge on any atom is -0.341 e. The van der Waals surface area contributed by atoms with E-state index in [4.69, 9.17) is 0 Å². The van der Waals surface area contributed by atoms with Gasteiger partial charge >= 0.3 is 0 Å². The third-order valence-corrected chi connectivity index (χ3v) is 4.55. The molecule has 1 aromatic heterocycles. The minimum absolute atomic E-state index is 1.06. The van der Waals surface area contributed by atoms with Gasteiger partial charge in [0.1, 0.15) is 5.01 Å². The highest BCUT2D eigenvalue weighted by molar-refractivity contribution is 7.13. The summed E-state index contributed by atoms with van der Waals surface area (Å²) in [5.74, 6) is 0. The van der Waals surface area contributed by atoms with Crippen LogP contribution in [0.3, 0.4) is 0 Å². The van der Waals surface area contributed by atoms with E-state index in [0.717, 1.165) is 18.0 Å². The first-order chi connectivity index (χ1) is 9.92. The van der Waals surface area contributed by atoms with Crippen molar-refractivity contribution in [1.29, 1.82) is 0 Å². The topological polar surface area (TPSA) is 16.1 Å². The van der Waals surface area contributed by atoms with Gasteiger partial charge in [0.15, 0.2) is 0 Å². The number of hydrogen-bond acceptors (Lipinski definition) is 3. The largest absolute Gasteiger partial charge is 0.341 e. The fourth-order valence-electron chi connectivity index (χ4n) is 2.78. The van der Waals surface area contributed by atoms with Crippen molar-refractivity contribution in [1.82, 2.24) is 4.98 Å². The molecule has 3 heteroatoms. The summed E-state index contributed by atoms with van der Waals surface area (Å²) in [6, 6.07) is 17.3. The SMILES string of the molecule is c1cc(-c2nccs2)cc(N2CCc3ccccc32)c1.